The van der Waals surface area contributed by atoms with E-state index in [2.05, 4.69) is 10.2 Å². The van der Waals surface area contributed by atoms with E-state index in [-0.39, 0.29) is 0 Å². The molecule has 2 heteroatoms. The lowest BCUT2D eigenvalue weighted by Crippen LogP contribution is -2.34. The Morgan fingerprint density at radius 2 is 1.69 bits per heavy atom. The summed E-state index contributed by atoms with van der Waals surface area (Å²) < 4.78 is 0. The van der Waals surface area contributed by atoms with Crippen LogP contribution in [0, 0.1) is 5.92 Å². The number of nitrogens with zero attached hydrogens (tertiary/aromatic N) is 1. The van der Waals surface area contributed by atoms with E-state index in [1.165, 1.54) is 51.7 Å². The lowest BCUT2D eigenvalue weighted by Gasteiger charge is -2.24. The summed E-state index contributed by atoms with van der Waals surface area (Å²) in [5.41, 5.74) is 0. The summed E-state index contributed by atoms with van der Waals surface area (Å²) in [6.45, 7) is 3.92. The topological polar surface area (TPSA) is 15.3 Å². The minimum absolute atomic E-state index is 0.959. The minimum Gasteiger partial charge on any atom is -0.316 e. The number of nitrogens with one attached hydrogen (secondary N) is 1. The summed E-state index contributed by atoms with van der Waals surface area (Å²) in [6.07, 6.45) is 7.34. The third-order valence-corrected chi connectivity index (χ3v) is 3.66. The first-order chi connectivity index (χ1) is 6.43. The van der Waals surface area contributed by atoms with E-state index >= 15 is 0 Å². The van der Waals surface area contributed by atoms with E-state index in [0.717, 1.165) is 18.0 Å². The molecule has 0 amide bonds. The second-order valence-corrected chi connectivity index (χ2v) is 5.02. The Morgan fingerprint density at radius 3 is 2.15 bits per heavy atom. The zero-order valence-corrected chi connectivity index (χ0v) is 8.34. The van der Waals surface area contributed by atoms with E-state index < -0.39 is 0 Å². The van der Waals surface area contributed by atoms with Crippen LogP contribution in [0.25, 0.3) is 0 Å². The molecule has 1 unspecified atom stereocenters. The van der Waals surface area contributed by atoms with Crippen molar-refractivity contribution in [1.82, 2.24) is 10.2 Å². The minimum atomic E-state index is 0.959. The predicted molar refractivity (Wildman–Crippen MR) is 53.7 cm³/mol. The molecule has 1 aliphatic heterocycles. The highest BCUT2D eigenvalue weighted by Gasteiger charge is 2.39. The molecule has 3 aliphatic rings. The normalized spacial score (nSPS) is 34.4. The molecular formula is C11H20N2. The van der Waals surface area contributed by atoms with Crippen molar-refractivity contribution in [3.8, 4) is 0 Å². The van der Waals surface area contributed by atoms with E-state index in [1.807, 2.05) is 0 Å². The Kier molecular flexibility index (Phi) is 2.06. The van der Waals surface area contributed by atoms with E-state index in [0.29, 0.717) is 0 Å². The zero-order valence-electron chi connectivity index (χ0n) is 8.34. The SMILES string of the molecule is C1CC(CN(C2CC2)C2CC2)CN1. The van der Waals surface area contributed by atoms with Crippen LogP contribution in [0.2, 0.25) is 0 Å². The predicted octanol–water partition coefficient (Wildman–Crippen LogP) is 1.22. The van der Waals surface area contributed by atoms with Gasteiger partial charge in [-0.1, -0.05) is 0 Å². The molecule has 1 N–H and O–H groups in total. The quantitative estimate of drug-likeness (QED) is 0.700. The summed E-state index contributed by atoms with van der Waals surface area (Å²) >= 11 is 0. The Morgan fingerprint density at radius 1 is 1.00 bits per heavy atom. The van der Waals surface area contributed by atoms with Crippen LogP contribution in [0.15, 0.2) is 0 Å². The van der Waals surface area contributed by atoms with Crippen molar-refractivity contribution in [3.05, 3.63) is 0 Å². The van der Waals surface area contributed by atoms with E-state index in [1.54, 1.807) is 0 Å². The molecule has 0 radical (unpaired) electrons. The Hall–Kier alpha value is -0.0800. The molecule has 74 valence electrons. The van der Waals surface area contributed by atoms with Gasteiger partial charge in [0.1, 0.15) is 0 Å². The summed E-state index contributed by atoms with van der Waals surface area (Å²) in [7, 11) is 0. The number of hydrogen-bond acceptors (Lipinski definition) is 2. The number of rotatable bonds is 4. The van der Waals surface area contributed by atoms with Crippen molar-refractivity contribution in [2.75, 3.05) is 19.6 Å². The summed E-state index contributed by atoms with van der Waals surface area (Å²) in [5, 5.41) is 3.47. The van der Waals surface area contributed by atoms with Gasteiger partial charge in [-0.3, -0.25) is 4.90 Å². The van der Waals surface area contributed by atoms with Gasteiger partial charge in [-0.25, -0.2) is 0 Å². The van der Waals surface area contributed by atoms with Crippen molar-refractivity contribution in [3.63, 3.8) is 0 Å². The lowest BCUT2D eigenvalue weighted by molar-refractivity contribution is 0.218. The first-order valence-electron chi connectivity index (χ1n) is 5.90. The molecule has 3 rings (SSSR count). The Bertz CT molecular complexity index is 167. The van der Waals surface area contributed by atoms with Crippen molar-refractivity contribution in [2.24, 2.45) is 5.92 Å². The average Bonchev–Trinajstić information content (AvgIpc) is 3.04. The van der Waals surface area contributed by atoms with Crippen LogP contribution in [-0.2, 0) is 0 Å². The molecule has 2 nitrogen and oxygen atoms in total. The molecule has 0 bridgehead atoms. The zero-order chi connectivity index (χ0) is 8.67. The van der Waals surface area contributed by atoms with Gasteiger partial charge >= 0.3 is 0 Å². The fourth-order valence-corrected chi connectivity index (χ4v) is 2.58. The highest BCUT2D eigenvalue weighted by Crippen LogP contribution is 2.38. The molecule has 0 aromatic carbocycles. The van der Waals surface area contributed by atoms with Gasteiger partial charge in [-0.15, -0.1) is 0 Å². The van der Waals surface area contributed by atoms with Crippen molar-refractivity contribution in [1.29, 1.82) is 0 Å². The Labute approximate surface area is 80.7 Å². The summed E-state index contributed by atoms with van der Waals surface area (Å²) in [4.78, 5) is 2.82. The standard InChI is InChI=1S/C11H20N2/c1-2-10(1)13(11-3-4-11)8-9-5-6-12-7-9/h9-12H,1-8H2. The highest BCUT2D eigenvalue weighted by atomic mass is 15.2. The molecule has 3 fully saturated rings. The van der Waals surface area contributed by atoms with Gasteiger partial charge < -0.3 is 5.32 Å². The fraction of sp³-hybridized carbons (Fsp3) is 1.00. The monoisotopic (exact) mass is 180 g/mol. The van der Waals surface area contributed by atoms with Gasteiger partial charge in [0.2, 0.25) is 0 Å². The van der Waals surface area contributed by atoms with Gasteiger partial charge in [-0.05, 0) is 51.1 Å². The molecular weight excluding hydrogens is 160 g/mol. The molecule has 2 aliphatic carbocycles. The molecule has 2 saturated carbocycles. The third-order valence-electron chi connectivity index (χ3n) is 3.66. The van der Waals surface area contributed by atoms with Crippen LogP contribution in [0.5, 0.6) is 0 Å². The highest BCUT2D eigenvalue weighted by molar-refractivity contribution is 4.95. The largest absolute Gasteiger partial charge is 0.316 e. The van der Waals surface area contributed by atoms with E-state index in [9.17, 15) is 0 Å². The van der Waals surface area contributed by atoms with Gasteiger partial charge in [0.25, 0.3) is 0 Å². The molecule has 1 atom stereocenters. The first kappa shape index (κ1) is 8.25. The van der Waals surface area contributed by atoms with Gasteiger partial charge in [0.05, 0.1) is 0 Å². The smallest absolute Gasteiger partial charge is 0.00994 e. The van der Waals surface area contributed by atoms with Gasteiger partial charge in [0.15, 0.2) is 0 Å². The summed E-state index contributed by atoms with van der Waals surface area (Å²) in [5.74, 6) is 0.959. The summed E-state index contributed by atoms with van der Waals surface area (Å²) in [6, 6.07) is 1.99. The maximum absolute atomic E-state index is 3.47. The second-order valence-electron chi connectivity index (χ2n) is 5.02. The fourth-order valence-electron chi connectivity index (χ4n) is 2.58. The van der Waals surface area contributed by atoms with Crippen LogP contribution in [0.3, 0.4) is 0 Å². The first-order valence-corrected chi connectivity index (χ1v) is 5.90. The van der Waals surface area contributed by atoms with Crippen LogP contribution >= 0.6 is 0 Å². The maximum atomic E-state index is 3.47. The lowest BCUT2D eigenvalue weighted by atomic mass is 10.1. The van der Waals surface area contributed by atoms with Crippen LogP contribution in [0.1, 0.15) is 32.1 Å². The molecule has 13 heavy (non-hydrogen) atoms. The van der Waals surface area contributed by atoms with Gasteiger partial charge in [-0.2, -0.15) is 0 Å². The maximum Gasteiger partial charge on any atom is 0.00994 e. The molecule has 0 aromatic rings. The molecule has 1 saturated heterocycles. The van der Waals surface area contributed by atoms with Gasteiger partial charge in [0, 0.05) is 18.6 Å². The second kappa shape index (κ2) is 3.25. The molecule has 1 heterocycles. The molecule has 0 aromatic heterocycles. The average molecular weight is 180 g/mol. The van der Waals surface area contributed by atoms with Crippen LogP contribution in [-0.4, -0.2) is 36.6 Å². The number of hydrogen-bond donors (Lipinski definition) is 1. The van der Waals surface area contributed by atoms with Crippen molar-refractivity contribution >= 4 is 0 Å². The van der Waals surface area contributed by atoms with Crippen LogP contribution in [0.4, 0.5) is 0 Å². The Balaban J connectivity index is 1.54. The third kappa shape index (κ3) is 1.89. The van der Waals surface area contributed by atoms with Crippen molar-refractivity contribution < 1.29 is 0 Å². The van der Waals surface area contributed by atoms with Crippen molar-refractivity contribution in [2.45, 2.75) is 44.2 Å². The van der Waals surface area contributed by atoms with E-state index in [4.69, 9.17) is 0 Å². The van der Waals surface area contributed by atoms with Crippen LogP contribution < -0.4 is 5.32 Å². The molecule has 0 spiro atoms.